The van der Waals surface area contributed by atoms with Crippen LogP contribution < -0.4 is 5.73 Å². The molecule has 1 saturated heterocycles. The molecule has 1 aliphatic heterocycles. The molecule has 21 heavy (non-hydrogen) atoms. The van der Waals surface area contributed by atoms with Gasteiger partial charge in [-0.05, 0) is 30.2 Å². The summed E-state index contributed by atoms with van der Waals surface area (Å²) in [7, 11) is 0. The van der Waals surface area contributed by atoms with Gasteiger partial charge in [0.05, 0.1) is 6.42 Å². The Bertz CT molecular complexity index is 548. The molecule has 6 heteroatoms. The molecule has 0 aliphatic carbocycles. The van der Waals surface area contributed by atoms with Crippen molar-refractivity contribution in [3.63, 3.8) is 0 Å². The molecule has 0 bridgehead atoms. The number of aliphatic carboxylic acids is 1. The van der Waals surface area contributed by atoms with Crippen LogP contribution >= 0.6 is 11.8 Å². The Hall–Kier alpha value is -1.53. The number of amides is 1. The first-order valence-electron chi connectivity index (χ1n) is 6.90. The second-order valence-electron chi connectivity index (χ2n) is 5.30. The number of carbonyl (C=O) groups is 2. The van der Waals surface area contributed by atoms with Crippen molar-refractivity contribution in [1.29, 1.82) is 0 Å². The fraction of sp³-hybridized carbons (Fsp3) is 0.467. The lowest BCUT2D eigenvalue weighted by Gasteiger charge is -2.35. The number of benzene rings is 1. The van der Waals surface area contributed by atoms with Crippen molar-refractivity contribution in [1.82, 2.24) is 4.90 Å². The van der Waals surface area contributed by atoms with Gasteiger partial charge in [0, 0.05) is 36.2 Å². The van der Waals surface area contributed by atoms with E-state index in [0.717, 1.165) is 29.2 Å². The zero-order valence-corrected chi connectivity index (χ0v) is 12.9. The summed E-state index contributed by atoms with van der Waals surface area (Å²) in [6.07, 6.45) is 0.172. The standard InChI is InChI=1S/C15H20N2O3S/c1-10-6-11(15(16)20)2-3-12(10)8-17-4-5-21-9-13(17)7-14(18)19/h2-3,6,13H,4-5,7-9H2,1H3,(H2,16,20)(H,18,19). The van der Waals surface area contributed by atoms with Crippen LogP contribution in [0.25, 0.3) is 0 Å². The second kappa shape index (κ2) is 6.95. The SMILES string of the molecule is Cc1cc(C(N)=O)ccc1CN1CCSCC1CC(=O)O. The molecule has 1 heterocycles. The first-order valence-corrected chi connectivity index (χ1v) is 8.05. The third-order valence-electron chi connectivity index (χ3n) is 3.76. The van der Waals surface area contributed by atoms with Crippen LogP contribution in [-0.4, -0.2) is 46.0 Å². The monoisotopic (exact) mass is 308 g/mol. The molecule has 2 rings (SSSR count). The zero-order valence-electron chi connectivity index (χ0n) is 12.0. The van der Waals surface area contributed by atoms with Crippen LogP contribution in [0.1, 0.15) is 27.9 Å². The van der Waals surface area contributed by atoms with Crippen molar-refractivity contribution in [2.75, 3.05) is 18.1 Å². The molecule has 1 unspecified atom stereocenters. The lowest BCUT2D eigenvalue weighted by molar-refractivity contribution is -0.138. The third kappa shape index (κ3) is 4.22. The number of carboxylic acids is 1. The third-order valence-corrected chi connectivity index (χ3v) is 4.85. The Morgan fingerprint density at radius 3 is 2.86 bits per heavy atom. The molecular formula is C15H20N2O3S. The van der Waals surface area contributed by atoms with Crippen LogP contribution in [0.3, 0.4) is 0 Å². The Morgan fingerprint density at radius 2 is 2.24 bits per heavy atom. The number of aryl methyl sites for hydroxylation is 1. The number of hydrogen-bond donors (Lipinski definition) is 2. The smallest absolute Gasteiger partial charge is 0.304 e. The number of carboxylic acid groups (broad SMARTS) is 1. The first kappa shape index (κ1) is 15.9. The average Bonchev–Trinajstić information content (AvgIpc) is 2.42. The Labute approximate surface area is 128 Å². The maximum atomic E-state index is 11.2. The van der Waals surface area contributed by atoms with Crippen molar-refractivity contribution in [2.24, 2.45) is 5.73 Å². The molecule has 0 aromatic heterocycles. The van der Waals surface area contributed by atoms with Crippen LogP contribution in [-0.2, 0) is 11.3 Å². The lowest BCUT2D eigenvalue weighted by Crippen LogP contribution is -2.43. The van der Waals surface area contributed by atoms with E-state index < -0.39 is 11.9 Å². The van der Waals surface area contributed by atoms with E-state index in [2.05, 4.69) is 4.90 Å². The molecule has 0 saturated carbocycles. The van der Waals surface area contributed by atoms with Crippen LogP contribution in [0.2, 0.25) is 0 Å². The molecule has 0 spiro atoms. The number of nitrogens with zero attached hydrogens (tertiary/aromatic N) is 1. The van der Waals surface area contributed by atoms with Gasteiger partial charge in [0.1, 0.15) is 0 Å². The lowest BCUT2D eigenvalue weighted by atomic mass is 10.0. The minimum atomic E-state index is -0.756. The highest BCUT2D eigenvalue weighted by Crippen LogP contribution is 2.22. The fourth-order valence-electron chi connectivity index (χ4n) is 2.53. The van der Waals surface area contributed by atoms with Crippen molar-refractivity contribution < 1.29 is 14.7 Å². The van der Waals surface area contributed by atoms with E-state index in [-0.39, 0.29) is 12.5 Å². The topological polar surface area (TPSA) is 83.6 Å². The molecule has 1 atom stereocenters. The maximum Gasteiger partial charge on any atom is 0.304 e. The zero-order chi connectivity index (χ0) is 15.4. The predicted molar refractivity (Wildman–Crippen MR) is 83.5 cm³/mol. The average molecular weight is 308 g/mol. The van der Waals surface area contributed by atoms with Gasteiger partial charge in [0.15, 0.2) is 0 Å². The van der Waals surface area contributed by atoms with Crippen LogP contribution in [0.5, 0.6) is 0 Å². The van der Waals surface area contributed by atoms with Crippen molar-refractivity contribution in [3.8, 4) is 0 Å². The number of hydrogen-bond acceptors (Lipinski definition) is 4. The van der Waals surface area contributed by atoms with E-state index in [1.165, 1.54) is 0 Å². The van der Waals surface area contributed by atoms with Gasteiger partial charge in [-0.2, -0.15) is 11.8 Å². The minimum Gasteiger partial charge on any atom is -0.481 e. The fourth-order valence-corrected chi connectivity index (χ4v) is 3.66. The highest BCUT2D eigenvalue weighted by molar-refractivity contribution is 7.99. The highest BCUT2D eigenvalue weighted by atomic mass is 32.2. The van der Waals surface area contributed by atoms with E-state index in [9.17, 15) is 9.59 Å². The van der Waals surface area contributed by atoms with Crippen LogP contribution in [0.4, 0.5) is 0 Å². The second-order valence-corrected chi connectivity index (χ2v) is 6.45. The number of thioether (sulfide) groups is 1. The highest BCUT2D eigenvalue weighted by Gasteiger charge is 2.25. The van der Waals surface area contributed by atoms with Gasteiger partial charge in [-0.25, -0.2) is 0 Å². The number of nitrogens with two attached hydrogens (primary N) is 1. The van der Waals surface area contributed by atoms with Gasteiger partial charge in [0.25, 0.3) is 0 Å². The minimum absolute atomic E-state index is 0.0662. The van der Waals surface area contributed by atoms with Crippen molar-refractivity contribution in [3.05, 3.63) is 34.9 Å². The molecule has 1 aliphatic rings. The van der Waals surface area contributed by atoms with Gasteiger partial charge in [0.2, 0.25) is 5.91 Å². The molecule has 114 valence electrons. The molecular weight excluding hydrogens is 288 g/mol. The Morgan fingerprint density at radius 1 is 1.48 bits per heavy atom. The molecule has 1 aromatic carbocycles. The summed E-state index contributed by atoms with van der Waals surface area (Å²) in [6, 6.07) is 5.50. The molecule has 5 nitrogen and oxygen atoms in total. The summed E-state index contributed by atoms with van der Waals surface area (Å²) in [4.78, 5) is 24.4. The van der Waals surface area contributed by atoms with E-state index in [1.807, 2.05) is 13.0 Å². The van der Waals surface area contributed by atoms with Gasteiger partial charge >= 0.3 is 5.97 Å². The quantitative estimate of drug-likeness (QED) is 0.861. The Balaban J connectivity index is 2.11. The van der Waals surface area contributed by atoms with E-state index in [1.54, 1.807) is 23.9 Å². The summed E-state index contributed by atoms with van der Waals surface area (Å²) in [5.41, 5.74) is 7.91. The summed E-state index contributed by atoms with van der Waals surface area (Å²) in [5.74, 6) is 0.690. The summed E-state index contributed by atoms with van der Waals surface area (Å²) >= 11 is 1.80. The van der Waals surface area contributed by atoms with Gasteiger partial charge in [-0.15, -0.1) is 0 Å². The normalized spacial score (nSPS) is 19.4. The van der Waals surface area contributed by atoms with Gasteiger partial charge in [-0.1, -0.05) is 6.07 Å². The summed E-state index contributed by atoms with van der Waals surface area (Å²) in [6.45, 7) is 3.55. The maximum absolute atomic E-state index is 11.2. The predicted octanol–water partition coefficient (Wildman–Crippen LogP) is 1.49. The van der Waals surface area contributed by atoms with Gasteiger partial charge in [-0.3, -0.25) is 14.5 Å². The number of rotatable bonds is 5. The first-order chi connectivity index (χ1) is 9.97. The van der Waals surface area contributed by atoms with E-state index in [0.29, 0.717) is 12.1 Å². The van der Waals surface area contributed by atoms with E-state index in [4.69, 9.17) is 10.8 Å². The number of carbonyl (C=O) groups excluding carboxylic acids is 1. The van der Waals surface area contributed by atoms with Crippen molar-refractivity contribution >= 4 is 23.6 Å². The molecule has 1 aromatic rings. The largest absolute Gasteiger partial charge is 0.481 e. The molecule has 3 N–H and O–H groups in total. The van der Waals surface area contributed by atoms with Crippen LogP contribution in [0, 0.1) is 6.92 Å². The van der Waals surface area contributed by atoms with E-state index >= 15 is 0 Å². The van der Waals surface area contributed by atoms with Gasteiger partial charge < -0.3 is 10.8 Å². The Kier molecular flexibility index (Phi) is 5.25. The number of primary amides is 1. The molecule has 0 radical (unpaired) electrons. The van der Waals surface area contributed by atoms with Crippen molar-refractivity contribution in [2.45, 2.75) is 25.9 Å². The molecule has 1 amide bonds. The van der Waals surface area contributed by atoms with Crippen LogP contribution in [0.15, 0.2) is 18.2 Å². The summed E-state index contributed by atoms with van der Waals surface area (Å²) in [5, 5.41) is 9.01. The summed E-state index contributed by atoms with van der Waals surface area (Å²) < 4.78 is 0. The molecule has 1 fully saturated rings.